The molecule has 0 aliphatic heterocycles. The summed E-state index contributed by atoms with van der Waals surface area (Å²) in [6.07, 6.45) is 11.1. The summed E-state index contributed by atoms with van der Waals surface area (Å²) in [5, 5.41) is 0. The molecule has 0 spiro atoms. The first-order valence-corrected chi connectivity index (χ1v) is 11.1. The molecular weight excluding hydrogens is 326 g/mol. The van der Waals surface area contributed by atoms with Crippen molar-refractivity contribution in [1.29, 1.82) is 0 Å². The molecule has 0 saturated carbocycles. The van der Waals surface area contributed by atoms with Gasteiger partial charge in [0.25, 0.3) is 0 Å². The van der Waals surface area contributed by atoms with E-state index in [1.165, 1.54) is 89.0 Å². The second-order valence-corrected chi connectivity index (χ2v) is 7.52. The zero-order chi connectivity index (χ0) is 18.9. The van der Waals surface area contributed by atoms with Crippen molar-refractivity contribution in [2.75, 3.05) is 32.8 Å². The van der Waals surface area contributed by atoms with E-state index in [2.05, 4.69) is 31.9 Å². The Morgan fingerprint density at radius 3 is 1.12 bits per heavy atom. The topological polar surface area (TPSA) is 66.4 Å². The van der Waals surface area contributed by atoms with E-state index >= 15 is 0 Å². The van der Waals surface area contributed by atoms with Gasteiger partial charge in [0.1, 0.15) is 0 Å². The summed E-state index contributed by atoms with van der Waals surface area (Å²) in [7, 11) is -4.42. The van der Waals surface area contributed by atoms with E-state index in [1.54, 1.807) is 0 Å². The van der Waals surface area contributed by atoms with Crippen LogP contribution in [0.1, 0.15) is 86.0 Å². The Kier molecular flexibility index (Phi) is 17.7. The first-order chi connectivity index (χ1) is 11.3. The van der Waals surface area contributed by atoms with Gasteiger partial charge in [-0.25, -0.2) is 8.42 Å². The fraction of sp³-hybridized carbons (Fsp3) is 1.00. The molecule has 0 N–H and O–H groups in total. The van der Waals surface area contributed by atoms with Crippen LogP contribution in [0.4, 0.5) is 0 Å². The van der Waals surface area contributed by atoms with E-state index < -0.39 is 10.4 Å². The lowest BCUT2D eigenvalue weighted by molar-refractivity contribution is -0.929. The van der Waals surface area contributed by atoms with E-state index in [-0.39, 0.29) is 6.61 Å². The van der Waals surface area contributed by atoms with Crippen molar-refractivity contribution in [3.63, 3.8) is 0 Å². The lowest BCUT2D eigenvalue weighted by atomic mass is 10.1. The van der Waals surface area contributed by atoms with E-state index in [0.717, 1.165) is 0 Å². The maximum Gasteiger partial charge on any atom is 0.217 e. The third kappa shape index (κ3) is 16.7. The highest BCUT2D eigenvalue weighted by Gasteiger charge is 2.24. The van der Waals surface area contributed by atoms with Crippen LogP contribution in [0.2, 0.25) is 0 Å². The number of nitrogens with zero attached hydrogens (tertiary/aromatic N) is 1. The molecule has 148 valence electrons. The summed E-state index contributed by atoms with van der Waals surface area (Å²) in [5.74, 6) is 0. The number of quaternary nitrogens is 1. The van der Waals surface area contributed by atoms with Crippen molar-refractivity contribution in [3.8, 4) is 0 Å². The molecule has 0 aliphatic carbocycles. The number of hydrogen-bond acceptors (Lipinski definition) is 4. The molecule has 5 nitrogen and oxygen atoms in total. The lowest BCUT2D eigenvalue weighted by Crippen LogP contribution is -2.50. The summed E-state index contributed by atoms with van der Waals surface area (Å²) in [4.78, 5) is 0. The van der Waals surface area contributed by atoms with Crippen LogP contribution >= 0.6 is 0 Å². The predicted octanol–water partition coefficient (Wildman–Crippen LogP) is 4.49. The Balaban J connectivity index is 0. The minimum Gasteiger partial charge on any atom is -0.726 e. The van der Waals surface area contributed by atoms with Crippen molar-refractivity contribution >= 4 is 10.4 Å². The van der Waals surface area contributed by atoms with Crippen molar-refractivity contribution < 1.29 is 21.6 Å². The van der Waals surface area contributed by atoms with Gasteiger partial charge in [0.05, 0.1) is 32.8 Å². The molecule has 24 heavy (non-hydrogen) atoms. The standard InChI is InChI=1S/C16H36N.C2H6O4S/c1-5-9-13-17(14-10-6-2,15-11-7-3)16-12-8-4;1-2-6-7(3,4)5/h5-16H2,1-4H3;2H2,1H3,(H,3,4,5)/q+1;/p-1. The van der Waals surface area contributed by atoms with Crippen LogP contribution in [0.25, 0.3) is 0 Å². The molecule has 0 radical (unpaired) electrons. The molecule has 0 aromatic rings. The minimum absolute atomic E-state index is 0.0914. The van der Waals surface area contributed by atoms with Gasteiger partial charge in [-0.15, -0.1) is 0 Å². The molecule has 0 fully saturated rings. The molecule has 0 aliphatic rings. The molecule has 0 rings (SSSR count). The Hall–Kier alpha value is -0.170. The van der Waals surface area contributed by atoms with Crippen LogP contribution in [0, 0.1) is 0 Å². The molecule has 6 heteroatoms. The maximum absolute atomic E-state index is 9.45. The SMILES string of the molecule is CCCC[N+](CCCC)(CCCC)CCCC.CCOS(=O)(=O)[O-]. The van der Waals surface area contributed by atoms with Gasteiger partial charge < -0.3 is 9.04 Å². The lowest BCUT2D eigenvalue weighted by Gasteiger charge is -2.39. The van der Waals surface area contributed by atoms with Crippen LogP contribution in [0.15, 0.2) is 0 Å². The maximum atomic E-state index is 9.45. The normalized spacial score (nSPS) is 11.9. The van der Waals surface area contributed by atoms with Crippen molar-refractivity contribution in [1.82, 2.24) is 0 Å². The van der Waals surface area contributed by atoms with Gasteiger partial charge in [0, 0.05) is 0 Å². The zero-order valence-electron chi connectivity index (χ0n) is 16.7. The summed E-state index contributed by atoms with van der Waals surface area (Å²) >= 11 is 0. The van der Waals surface area contributed by atoms with E-state index in [9.17, 15) is 13.0 Å². The average Bonchev–Trinajstić information content (AvgIpc) is 2.53. The zero-order valence-corrected chi connectivity index (χ0v) is 17.5. The van der Waals surface area contributed by atoms with Crippen molar-refractivity contribution in [2.45, 2.75) is 86.0 Å². The van der Waals surface area contributed by atoms with Crippen molar-refractivity contribution in [2.24, 2.45) is 0 Å². The molecule has 0 aromatic carbocycles. The largest absolute Gasteiger partial charge is 0.726 e. The van der Waals surface area contributed by atoms with Crippen LogP contribution in [-0.2, 0) is 14.6 Å². The second kappa shape index (κ2) is 16.3. The van der Waals surface area contributed by atoms with Crippen LogP contribution in [0.5, 0.6) is 0 Å². The smallest absolute Gasteiger partial charge is 0.217 e. The van der Waals surface area contributed by atoms with Gasteiger partial charge in [0.15, 0.2) is 0 Å². The highest BCUT2D eigenvalue weighted by molar-refractivity contribution is 7.80. The second-order valence-electron chi connectivity index (χ2n) is 6.47. The van der Waals surface area contributed by atoms with Gasteiger partial charge in [-0.05, 0) is 32.6 Å². The molecule has 0 bridgehead atoms. The molecule has 0 saturated heterocycles. The quantitative estimate of drug-likeness (QED) is 0.258. The Bertz CT molecular complexity index is 321. The Labute approximate surface area is 151 Å². The molecular formula is C18H41NO4S. The molecule has 0 aromatic heterocycles. The van der Waals surface area contributed by atoms with Gasteiger partial charge in [-0.3, -0.25) is 4.18 Å². The molecule has 0 heterocycles. The van der Waals surface area contributed by atoms with Crippen LogP contribution in [0.3, 0.4) is 0 Å². The van der Waals surface area contributed by atoms with Crippen molar-refractivity contribution in [3.05, 3.63) is 0 Å². The number of rotatable bonds is 14. The number of unbranched alkanes of at least 4 members (excludes halogenated alkanes) is 4. The third-order valence-corrected chi connectivity index (χ3v) is 4.73. The summed E-state index contributed by atoms with van der Waals surface area (Å²) in [6.45, 7) is 16.4. The first kappa shape index (κ1) is 26.1. The van der Waals surface area contributed by atoms with Gasteiger partial charge in [-0.1, -0.05) is 53.4 Å². The third-order valence-electron chi connectivity index (χ3n) is 4.21. The summed E-state index contributed by atoms with van der Waals surface area (Å²) in [6, 6.07) is 0. The molecule has 0 atom stereocenters. The van der Waals surface area contributed by atoms with Crippen LogP contribution in [-0.4, -0.2) is 50.2 Å². The van der Waals surface area contributed by atoms with Gasteiger partial charge in [0.2, 0.25) is 10.4 Å². The first-order valence-electron chi connectivity index (χ1n) is 9.76. The Morgan fingerprint density at radius 2 is 1.00 bits per heavy atom. The fourth-order valence-corrected chi connectivity index (χ4v) is 3.08. The monoisotopic (exact) mass is 367 g/mol. The highest BCUT2D eigenvalue weighted by Crippen LogP contribution is 2.16. The fourth-order valence-electron chi connectivity index (χ4n) is 2.79. The molecule has 0 amide bonds. The van der Waals surface area contributed by atoms with Gasteiger partial charge >= 0.3 is 0 Å². The van der Waals surface area contributed by atoms with Crippen LogP contribution < -0.4 is 0 Å². The van der Waals surface area contributed by atoms with Gasteiger partial charge in [-0.2, -0.15) is 0 Å². The summed E-state index contributed by atoms with van der Waals surface area (Å²) < 4.78 is 33.4. The Morgan fingerprint density at radius 1 is 0.708 bits per heavy atom. The molecule has 0 unspecified atom stereocenters. The van der Waals surface area contributed by atoms with E-state index in [1.807, 2.05) is 0 Å². The van der Waals surface area contributed by atoms with E-state index in [4.69, 9.17) is 0 Å². The summed E-state index contributed by atoms with van der Waals surface area (Å²) in [5.41, 5.74) is 0. The number of hydrogen-bond donors (Lipinski definition) is 0. The minimum atomic E-state index is -4.42. The highest BCUT2D eigenvalue weighted by atomic mass is 32.3. The van der Waals surface area contributed by atoms with E-state index in [0.29, 0.717) is 0 Å². The predicted molar refractivity (Wildman–Crippen MR) is 101 cm³/mol. The average molecular weight is 368 g/mol.